The van der Waals surface area contributed by atoms with Crippen LogP contribution in [0.2, 0.25) is 0 Å². The number of guanidine groups is 1. The van der Waals surface area contributed by atoms with E-state index in [0.29, 0.717) is 5.56 Å². The Morgan fingerprint density at radius 1 is 0.975 bits per heavy atom. The number of carboxylic acids is 1. The topological polar surface area (TPSA) is 276 Å². The molecule has 0 heterocycles. The molecule has 0 aromatic heterocycles. The first-order chi connectivity index (χ1) is 18.5. The minimum Gasteiger partial charge on any atom is -0.508 e. The summed E-state index contributed by atoms with van der Waals surface area (Å²) in [5.74, 6) is -5.12. The molecule has 0 fully saturated rings. The summed E-state index contributed by atoms with van der Waals surface area (Å²) in [6, 6.07) is 0.730. The molecular formula is C24H38N8O7S. The molecule has 13 N–H and O–H groups in total. The van der Waals surface area contributed by atoms with Crippen LogP contribution in [-0.4, -0.2) is 81.2 Å². The zero-order valence-corrected chi connectivity index (χ0v) is 23.2. The number of carbonyl (C=O) groups is 5. The molecule has 15 nitrogen and oxygen atoms in total. The molecule has 0 radical (unpaired) electrons. The van der Waals surface area contributed by atoms with Crippen molar-refractivity contribution in [3.8, 4) is 5.75 Å². The lowest BCUT2D eigenvalue weighted by molar-refractivity contribution is -0.142. The number of carboxylic acid groups (broad SMARTS) is 1. The van der Waals surface area contributed by atoms with Gasteiger partial charge in [0.2, 0.25) is 23.6 Å². The van der Waals surface area contributed by atoms with Crippen LogP contribution in [0.1, 0.15) is 38.7 Å². The maximum atomic E-state index is 13.2. The van der Waals surface area contributed by atoms with Crippen LogP contribution < -0.4 is 38.5 Å². The van der Waals surface area contributed by atoms with Gasteiger partial charge in [-0.15, -0.1) is 0 Å². The summed E-state index contributed by atoms with van der Waals surface area (Å²) in [4.78, 5) is 62.2. The van der Waals surface area contributed by atoms with Crippen LogP contribution in [0.5, 0.6) is 5.75 Å². The Bertz CT molecular complexity index is 1080. The van der Waals surface area contributed by atoms with Crippen LogP contribution in [0.4, 0.5) is 0 Å². The number of amides is 4. The number of thiol groups is 1. The van der Waals surface area contributed by atoms with Gasteiger partial charge in [-0.3, -0.25) is 24.6 Å². The Hall–Kier alpha value is -4.05. The number of hydrogen-bond donors (Lipinski definition) is 11. The lowest BCUT2D eigenvalue weighted by Crippen LogP contribution is -2.62. The van der Waals surface area contributed by atoms with E-state index in [1.165, 1.54) is 26.0 Å². The molecule has 40 heavy (non-hydrogen) atoms. The molecule has 0 spiro atoms. The molecule has 0 aliphatic heterocycles. The molecule has 0 aliphatic rings. The van der Waals surface area contributed by atoms with Crippen molar-refractivity contribution < 1.29 is 34.2 Å². The van der Waals surface area contributed by atoms with Gasteiger partial charge < -0.3 is 48.7 Å². The number of nitrogens with one attached hydrogen (secondary N) is 5. The Labute approximate surface area is 236 Å². The average Bonchev–Trinajstić information content (AvgIpc) is 2.83. The molecule has 0 unspecified atom stereocenters. The normalized spacial score (nSPS) is 14.1. The number of phenols is 1. The summed E-state index contributed by atoms with van der Waals surface area (Å²) in [6.07, 6.45) is -0.363. The Morgan fingerprint density at radius 3 is 2.05 bits per heavy atom. The third-order valence-corrected chi connectivity index (χ3v) is 5.88. The Balaban J connectivity index is 2.97. The number of aliphatic carboxylic acids is 1. The highest BCUT2D eigenvalue weighted by molar-refractivity contribution is 7.81. The number of benzene rings is 1. The monoisotopic (exact) mass is 582 g/mol. The molecule has 4 atom stereocenters. The molecule has 1 rings (SSSR count). The first-order valence-electron chi connectivity index (χ1n) is 12.3. The van der Waals surface area contributed by atoms with Gasteiger partial charge in [-0.2, -0.15) is 12.6 Å². The number of carbonyl (C=O) groups excluding carboxylic acids is 4. The quantitative estimate of drug-likeness (QED) is 0.0427. The van der Waals surface area contributed by atoms with Gasteiger partial charge in [-0.05, 0) is 50.8 Å². The third-order valence-electron chi connectivity index (χ3n) is 5.62. The van der Waals surface area contributed by atoms with Gasteiger partial charge in [0.1, 0.15) is 23.9 Å². The largest absolute Gasteiger partial charge is 0.508 e. The van der Waals surface area contributed by atoms with E-state index < -0.39 is 64.9 Å². The van der Waals surface area contributed by atoms with E-state index in [1.54, 1.807) is 12.1 Å². The molecule has 0 saturated carbocycles. The molecule has 0 bridgehead atoms. The van der Waals surface area contributed by atoms with Crippen LogP contribution in [0.3, 0.4) is 0 Å². The van der Waals surface area contributed by atoms with E-state index in [-0.39, 0.29) is 37.5 Å². The second kappa shape index (κ2) is 15.5. The van der Waals surface area contributed by atoms with Crippen molar-refractivity contribution in [3.05, 3.63) is 29.8 Å². The molecule has 1 aromatic carbocycles. The minimum atomic E-state index is -1.55. The lowest BCUT2D eigenvalue weighted by Gasteiger charge is -2.32. The molecule has 0 aliphatic carbocycles. The molecule has 0 saturated heterocycles. The maximum absolute atomic E-state index is 13.2. The van der Waals surface area contributed by atoms with Crippen molar-refractivity contribution >= 4 is 48.2 Å². The first-order valence-corrected chi connectivity index (χ1v) is 12.7. The van der Waals surface area contributed by atoms with E-state index in [9.17, 15) is 34.2 Å². The van der Waals surface area contributed by atoms with Crippen molar-refractivity contribution in [2.24, 2.45) is 17.2 Å². The number of nitrogens with two attached hydrogens (primary N) is 3. The van der Waals surface area contributed by atoms with Gasteiger partial charge in [-0.1, -0.05) is 12.1 Å². The lowest BCUT2D eigenvalue weighted by atomic mass is 9.99. The number of hydrogen-bond acceptors (Lipinski definition) is 9. The van der Waals surface area contributed by atoms with Crippen molar-refractivity contribution in [1.29, 1.82) is 5.41 Å². The maximum Gasteiger partial charge on any atom is 0.326 e. The summed E-state index contributed by atoms with van der Waals surface area (Å²) in [7, 11) is 0. The van der Waals surface area contributed by atoms with Gasteiger partial charge in [0.15, 0.2) is 5.96 Å². The fraction of sp³-hybridized carbons (Fsp3) is 0.500. The summed E-state index contributed by atoms with van der Waals surface area (Å²) in [5.41, 5.74) is 17.1. The van der Waals surface area contributed by atoms with Crippen molar-refractivity contribution in [3.63, 3.8) is 0 Å². The molecule has 16 heteroatoms. The highest BCUT2D eigenvalue weighted by atomic mass is 32.1. The van der Waals surface area contributed by atoms with Crippen LogP contribution in [0.15, 0.2) is 24.3 Å². The first kappa shape index (κ1) is 34.0. The fourth-order valence-electron chi connectivity index (χ4n) is 3.52. The summed E-state index contributed by atoms with van der Waals surface area (Å²) in [5, 5.41) is 35.6. The van der Waals surface area contributed by atoms with Gasteiger partial charge >= 0.3 is 5.97 Å². The SMILES string of the molecule is CC(C)(S)[C@H](NC(=O)[C@@H](N)Cc1ccc(O)cc1)C(=O)N[C@@H](CC(N)=O)C(=O)N[C@@H](CCCNC(=N)N)C(=O)O. The fourth-order valence-corrected chi connectivity index (χ4v) is 3.70. The van der Waals surface area contributed by atoms with E-state index in [0.717, 1.165) is 0 Å². The zero-order valence-electron chi connectivity index (χ0n) is 22.3. The van der Waals surface area contributed by atoms with Crippen LogP contribution in [-0.2, 0) is 30.4 Å². The van der Waals surface area contributed by atoms with E-state index >= 15 is 0 Å². The molecule has 1 aromatic rings. The van der Waals surface area contributed by atoms with Gasteiger partial charge in [0.05, 0.1) is 12.5 Å². The molecular weight excluding hydrogens is 544 g/mol. The van der Waals surface area contributed by atoms with Crippen LogP contribution in [0, 0.1) is 5.41 Å². The number of aromatic hydroxyl groups is 1. The number of phenolic OH excluding ortho intramolecular Hbond substituents is 1. The van der Waals surface area contributed by atoms with Gasteiger partial charge in [0.25, 0.3) is 0 Å². The summed E-state index contributed by atoms with van der Waals surface area (Å²) >= 11 is 4.39. The second-order valence-electron chi connectivity index (χ2n) is 9.69. The summed E-state index contributed by atoms with van der Waals surface area (Å²) < 4.78 is -1.17. The Kier molecular flexibility index (Phi) is 13.2. The standard InChI is InChI=1S/C24H38N8O7S/c1-24(2,40)18(32-19(35)14(25)10-12-5-7-13(33)8-6-12)21(37)31-16(11-17(26)34)20(36)30-15(22(38)39)4-3-9-29-23(27)28/h5-8,14-16,18,33,40H,3-4,9-11,25H2,1-2H3,(H2,26,34)(H,30,36)(H,31,37)(H,32,35)(H,38,39)(H4,27,28,29)/t14-,15-,16-,18+/m0/s1. The number of rotatable bonds is 16. The highest BCUT2D eigenvalue weighted by Gasteiger charge is 2.37. The number of primary amides is 1. The average molecular weight is 583 g/mol. The van der Waals surface area contributed by atoms with Crippen LogP contribution >= 0.6 is 12.6 Å². The van der Waals surface area contributed by atoms with Gasteiger partial charge in [-0.25, -0.2) is 4.79 Å². The van der Waals surface area contributed by atoms with Crippen molar-refractivity contribution in [2.45, 2.75) is 68.4 Å². The zero-order chi connectivity index (χ0) is 30.6. The minimum absolute atomic E-state index is 0.0418. The molecule has 4 amide bonds. The van der Waals surface area contributed by atoms with E-state index in [1.807, 2.05) is 0 Å². The van der Waals surface area contributed by atoms with Gasteiger partial charge in [0, 0.05) is 11.3 Å². The predicted octanol–water partition coefficient (Wildman–Crippen LogP) is -2.35. The Morgan fingerprint density at radius 2 is 1.55 bits per heavy atom. The molecule has 222 valence electrons. The third kappa shape index (κ3) is 12.2. The van der Waals surface area contributed by atoms with Crippen LogP contribution in [0.25, 0.3) is 0 Å². The van der Waals surface area contributed by atoms with E-state index in [4.69, 9.17) is 22.6 Å². The van der Waals surface area contributed by atoms with E-state index in [2.05, 4.69) is 33.9 Å². The van der Waals surface area contributed by atoms with Crippen molar-refractivity contribution in [2.75, 3.05) is 6.54 Å². The highest BCUT2D eigenvalue weighted by Crippen LogP contribution is 2.19. The van der Waals surface area contributed by atoms with Crippen molar-refractivity contribution in [1.82, 2.24) is 21.3 Å². The smallest absolute Gasteiger partial charge is 0.326 e. The second-order valence-corrected chi connectivity index (χ2v) is 10.8. The summed E-state index contributed by atoms with van der Waals surface area (Å²) in [6.45, 7) is 3.25. The predicted molar refractivity (Wildman–Crippen MR) is 149 cm³/mol.